The van der Waals surface area contributed by atoms with Crippen molar-refractivity contribution in [2.45, 2.75) is 23.9 Å². The van der Waals surface area contributed by atoms with Gasteiger partial charge in [0.25, 0.3) is 0 Å². The van der Waals surface area contributed by atoms with Gasteiger partial charge in [0, 0.05) is 0 Å². The van der Waals surface area contributed by atoms with Crippen LogP contribution in [0.4, 0.5) is 0 Å². The summed E-state index contributed by atoms with van der Waals surface area (Å²) in [5.41, 5.74) is 2.23. The summed E-state index contributed by atoms with van der Waals surface area (Å²) >= 11 is 0.939. The molecular weight excluding hydrogens is 432 g/mol. The summed E-state index contributed by atoms with van der Waals surface area (Å²) in [6.07, 6.45) is 0. The van der Waals surface area contributed by atoms with Gasteiger partial charge in [-0.2, -0.15) is 13.5 Å². The van der Waals surface area contributed by atoms with Crippen LogP contribution in [0.15, 0.2) is 83.8 Å². The summed E-state index contributed by atoms with van der Waals surface area (Å²) in [7, 11) is -4.06. The van der Waals surface area contributed by atoms with Crippen LogP contribution < -0.4 is 10.0 Å². The van der Waals surface area contributed by atoms with E-state index in [0.29, 0.717) is 11.1 Å². The SMILES string of the molecule is C[C@H](NC(=O)[C@H](NS(=O)(=O)c1cccc2nsnc12)c1ccccc1)c1ccccc1. The first-order chi connectivity index (χ1) is 15.0. The number of amides is 1. The fraction of sp³-hybridized carbons (Fsp3) is 0.136. The molecule has 0 unspecified atom stereocenters. The Morgan fingerprint density at radius 2 is 1.52 bits per heavy atom. The van der Waals surface area contributed by atoms with Crippen LogP contribution in [0.3, 0.4) is 0 Å². The van der Waals surface area contributed by atoms with E-state index in [2.05, 4.69) is 18.8 Å². The lowest BCUT2D eigenvalue weighted by atomic mass is 10.1. The molecule has 4 rings (SSSR count). The van der Waals surface area contributed by atoms with Crippen molar-refractivity contribution in [2.24, 2.45) is 0 Å². The van der Waals surface area contributed by atoms with Crippen molar-refractivity contribution in [2.75, 3.05) is 0 Å². The Labute approximate surface area is 184 Å². The molecule has 0 bridgehead atoms. The van der Waals surface area contributed by atoms with Gasteiger partial charge in [-0.15, -0.1) is 0 Å². The van der Waals surface area contributed by atoms with Gasteiger partial charge < -0.3 is 5.32 Å². The van der Waals surface area contributed by atoms with E-state index in [1.165, 1.54) is 6.07 Å². The number of hydrogen-bond acceptors (Lipinski definition) is 6. The van der Waals surface area contributed by atoms with Crippen molar-refractivity contribution in [3.8, 4) is 0 Å². The average Bonchev–Trinajstić information content (AvgIpc) is 3.27. The quantitative estimate of drug-likeness (QED) is 0.446. The molecule has 0 saturated heterocycles. The van der Waals surface area contributed by atoms with Crippen molar-refractivity contribution in [1.82, 2.24) is 18.8 Å². The highest BCUT2D eigenvalue weighted by atomic mass is 32.2. The fourth-order valence-corrected chi connectivity index (χ4v) is 5.21. The third-order valence-electron chi connectivity index (χ3n) is 4.86. The normalized spacial score (nSPS) is 13.6. The van der Waals surface area contributed by atoms with Gasteiger partial charge in [-0.1, -0.05) is 66.7 Å². The van der Waals surface area contributed by atoms with Gasteiger partial charge in [0.1, 0.15) is 22.0 Å². The largest absolute Gasteiger partial charge is 0.348 e. The molecule has 0 fully saturated rings. The van der Waals surface area contributed by atoms with Crippen LogP contribution in [0.5, 0.6) is 0 Å². The predicted molar refractivity (Wildman–Crippen MR) is 120 cm³/mol. The van der Waals surface area contributed by atoms with E-state index in [0.717, 1.165) is 17.3 Å². The maximum Gasteiger partial charge on any atom is 0.243 e. The Hall–Kier alpha value is -3.14. The number of carbonyl (C=O) groups excluding carboxylic acids is 1. The van der Waals surface area contributed by atoms with Crippen molar-refractivity contribution < 1.29 is 13.2 Å². The van der Waals surface area contributed by atoms with Crippen LogP contribution in [0, 0.1) is 0 Å². The molecule has 31 heavy (non-hydrogen) atoms. The Bertz CT molecular complexity index is 1290. The summed E-state index contributed by atoms with van der Waals surface area (Å²) in [5.74, 6) is -0.449. The smallest absolute Gasteiger partial charge is 0.243 e. The van der Waals surface area contributed by atoms with Crippen LogP contribution >= 0.6 is 11.7 Å². The van der Waals surface area contributed by atoms with E-state index in [-0.39, 0.29) is 16.5 Å². The number of nitrogens with zero attached hydrogens (tertiary/aromatic N) is 2. The van der Waals surface area contributed by atoms with Gasteiger partial charge >= 0.3 is 0 Å². The molecule has 0 saturated carbocycles. The number of rotatable bonds is 7. The minimum absolute atomic E-state index is 0.0106. The van der Waals surface area contributed by atoms with Gasteiger partial charge in [0.2, 0.25) is 15.9 Å². The van der Waals surface area contributed by atoms with Gasteiger partial charge in [-0.05, 0) is 30.2 Å². The molecule has 9 heteroatoms. The second kappa shape index (κ2) is 8.93. The summed E-state index contributed by atoms with van der Waals surface area (Å²) < 4.78 is 37.2. The molecule has 0 aliphatic rings. The topological polar surface area (TPSA) is 101 Å². The average molecular weight is 453 g/mol. The standard InChI is InChI=1S/C22H20N4O3S2/c1-15(16-9-4-2-5-10-16)23-22(27)20(17-11-6-3-7-12-17)26-31(28,29)19-14-8-13-18-21(19)25-30-24-18/h2-15,20,26H,1H3,(H,23,27)/t15-,20+/m0/s1. The molecule has 7 nitrogen and oxygen atoms in total. The van der Waals surface area contributed by atoms with Crippen LogP contribution in [-0.4, -0.2) is 23.1 Å². The maximum atomic E-state index is 13.2. The second-order valence-corrected chi connectivity index (χ2v) is 9.20. The molecule has 1 aromatic heterocycles. The van der Waals surface area contributed by atoms with Crippen molar-refractivity contribution in [3.63, 3.8) is 0 Å². The lowest BCUT2D eigenvalue weighted by Gasteiger charge is -2.22. The van der Waals surface area contributed by atoms with E-state index in [4.69, 9.17) is 0 Å². The Balaban J connectivity index is 1.66. The zero-order valence-corrected chi connectivity index (χ0v) is 18.2. The molecule has 1 amide bonds. The fourth-order valence-electron chi connectivity index (χ4n) is 3.26. The summed E-state index contributed by atoms with van der Waals surface area (Å²) in [4.78, 5) is 13.2. The minimum Gasteiger partial charge on any atom is -0.348 e. The molecule has 0 aliphatic carbocycles. The van der Waals surface area contributed by atoms with E-state index >= 15 is 0 Å². The van der Waals surface area contributed by atoms with Gasteiger partial charge in [-0.3, -0.25) is 4.79 Å². The number of sulfonamides is 1. The van der Waals surface area contributed by atoms with Crippen LogP contribution in [0.1, 0.15) is 30.1 Å². The molecule has 2 atom stereocenters. The van der Waals surface area contributed by atoms with Crippen LogP contribution in [-0.2, 0) is 14.8 Å². The highest BCUT2D eigenvalue weighted by Gasteiger charge is 2.29. The molecule has 4 aromatic rings. The van der Waals surface area contributed by atoms with E-state index in [9.17, 15) is 13.2 Å². The maximum absolute atomic E-state index is 13.2. The Kier molecular flexibility index (Phi) is 6.08. The van der Waals surface area contributed by atoms with Crippen molar-refractivity contribution in [1.29, 1.82) is 0 Å². The summed E-state index contributed by atoms with van der Waals surface area (Å²) in [6, 6.07) is 21.6. The highest BCUT2D eigenvalue weighted by Crippen LogP contribution is 2.24. The second-order valence-electron chi connectivity index (χ2n) is 6.99. The van der Waals surface area contributed by atoms with E-state index < -0.39 is 22.0 Å². The Morgan fingerprint density at radius 1 is 0.871 bits per heavy atom. The minimum atomic E-state index is -4.06. The monoisotopic (exact) mass is 452 g/mol. The number of aromatic nitrogens is 2. The molecule has 0 spiro atoms. The molecule has 0 aliphatic heterocycles. The zero-order valence-electron chi connectivity index (χ0n) is 16.6. The molecule has 158 valence electrons. The first-order valence-corrected chi connectivity index (χ1v) is 11.8. The predicted octanol–water partition coefficient (Wildman–Crippen LogP) is 3.59. The third kappa shape index (κ3) is 4.63. The number of nitrogens with one attached hydrogen (secondary N) is 2. The van der Waals surface area contributed by atoms with Crippen LogP contribution in [0.2, 0.25) is 0 Å². The molecule has 1 heterocycles. The number of carbonyl (C=O) groups is 1. The first kappa shape index (κ1) is 21.1. The van der Waals surface area contributed by atoms with Gasteiger partial charge in [0.05, 0.1) is 17.8 Å². The third-order valence-corrected chi connectivity index (χ3v) is 6.86. The lowest BCUT2D eigenvalue weighted by Crippen LogP contribution is -2.41. The molecule has 0 radical (unpaired) electrons. The number of hydrogen-bond donors (Lipinski definition) is 2. The zero-order chi connectivity index (χ0) is 21.8. The van der Waals surface area contributed by atoms with Gasteiger partial charge in [0.15, 0.2) is 0 Å². The number of benzene rings is 3. The van der Waals surface area contributed by atoms with Crippen LogP contribution in [0.25, 0.3) is 11.0 Å². The summed E-state index contributed by atoms with van der Waals surface area (Å²) in [5, 5.41) is 2.91. The molecule has 3 aromatic carbocycles. The molecular formula is C22H20N4O3S2. The summed E-state index contributed by atoms with van der Waals surface area (Å²) in [6.45, 7) is 1.85. The van der Waals surface area contributed by atoms with E-state index in [1.807, 2.05) is 37.3 Å². The number of fused-ring (bicyclic) bond motifs is 1. The van der Waals surface area contributed by atoms with E-state index in [1.54, 1.807) is 42.5 Å². The molecule has 2 N–H and O–H groups in total. The van der Waals surface area contributed by atoms with Crippen molar-refractivity contribution >= 4 is 38.7 Å². The lowest BCUT2D eigenvalue weighted by molar-refractivity contribution is -0.123. The Morgan fingerprint density at radius 3 is 2.19 bits per heavy atom. The highest BCUT2D eigenvalue weighted by molar-refractivity contribution is 7.89. The first-order valence-electron chi connectivity index (χ1n) is 9.59. The van der Waals surface area contributed by atoms with Gasteiger partial charge in [-0.25, -0.2) is 8.42 Å². The van der Waals surface area contributed by atoms with Crippen molar-refractivity contribution in [3.05, 3.63) is 90.0 Å².